The summed E-state index contributed by atoms with van der Waals surface area (Å²) < 4.78 is 4.83. The molecule has 0 N–H and O–H groups in total. The summed E-state index contributed by atoms with van der Waals surface area (Å²) in [6.07, 6.45) is 18.4. The first-order valence-corrected chi connectivity index (χ1v) is 7.20. The average Bonchev–Trinajstić information content (AvgIpc) is 2.34. The molecule has 18 heavy (non-hydrogen) atoms. The van der Waals surface area contributed by atoms with Crippen LogP contribution in [0.4, 0.5) is 0 Å². The molecule has 2 heteroatoms. The predicted molar refractivity (Wildman–Crippen MR) is 77.5 cm³/mol. The van der Waals surface area contributed by atoms with Gasteiger partial charge in [-0.05, 0) is 38.5 Å². The van der Waals surface area contributed by atoms with Crippen LogP contribution in [0.2, 0.25) is 0 Å². The molecule has 0 aromatic heterocycles. The molecule has 104 valence electrons. The zero-order chi connectivity index (χ0) is 13.5. The van der Waals surface area contributed by atoms with Gasteiger partial charge in [0.1, 0.15) is 0 Å². The fraction of sp³-hybridized carbons (Fsp3) is 0.688. The summed E-state index contributed by atoms with van der Waals surface area (Å²) >= 11 is 0. The van der Waals surface area contributed by atoms with Crippen molar-refractivity contribution in [1.82, 2.24) is 0 Å². The SMILES string of the molecule is CCCCCC=CCCCC=CCCOC(C)=O. The Morgan fingerprint density at radius 1 is 0.889 bits per heavy atom. The molecule has 0 radical (unpaired) electrons. The second kappa shape index (κ2) is 14.0. The smallest absolute Gasteiger partial charge is 0.302 e. The lowest BCUT2D eigenvalue weighted by atomic mass is 10.1. The van der Waals surface area contributed by atoms with E-state index in [0.29, 0.717) is 6.61 Å². The Morgan fingerprint density at radius 3 is 2.00 bits per heavy atom. The minimum atomic E-state index is -0.198. The van der Waals surface area contributed by atoms with E-state index in [2.05, 4.69) is 31.2 Å². The molecule has 2 nitrogen and oxygen atoms in total. The average molecular weight is 252 g/mol. The summed E-state index contributed by atoms with van der Waals surface area (Å²) in [6, 6.07) is 0. The Balaban J connectivity index is 3.19. The largest absolute Gasteiger partial charge is 0.466 e. The molecular weight excluding hydrogens is 224 g/mol. The molecule has 0 aromatic rings. The zero-order valence-electron chi connectivity index (χ0n) is 12.0. The van der Waals surface area contributed by atoms with E-state index in [0.717, 1.165) is 12.8 Å². The van der Waals surface area contributed by atoms with Crippen LogP contribution in [0.5, 0.6) is 0 Å². The molecule has 0 spiro atoms. The number of hydrogen-bond acceptors (Lipinski definition) is 2. The fourth-order valence-electron chi connectivity index (χ4n) is 1.61. The highest BCUT2D eigenvalue weighted by Crippen LogP contribution is 2.03. The highest BCUT2D eigenvalue weighted by atomic mass is 16.5. The lowest BCUT2D eigenvalue weighted by Gasteiger charge is -1.96. The lowest BCUT2D eigenvalue weighted by Crippen LogP contribution is -1.98. The van der Waals surface area contributed by atoms with Crippen LogP contribution in [0, 0.1) is 0 Å². The normalized spacial score (nSPS) is 11.4. The molecule has 0 bridgehead atoms. The second-order valence-corrected chi connectivity index (χ2v) is 4.50. The van der Waals surface area contributed by atoms with Crippen molar-refractivity contribution in [1.29, 1.82) is 0 Å². The molecule has 0 aliphatic heterocycles. The zero-order valence-corrected chi connectivity index (χ0v) is 12.0. The van der Waals surface area contributed by atoms with E-state index < -0.39 is 0 Å². The number of hydrogen-bond donors (Lipinski definition) is 0. The topological polar surface area (TPSA) is 26.3 Å². The van der Waals surface area contributed by atoms with Gasteiger partial charge in [0.15, 0.2) is 0 Å². The van der Waals surface area contributed by atoms with Crippen LogP contribution in [0.15, 0.2) is 24.3 Å². The van der Waals surface area contributed by atoms with Gasteiger partial charge >= 0.3 is 5.97 Å². The van der Waals surface area contributed by atoms with Crippen LogP contribution in [0.25, 0.3) is 0 Å². The van der Waals surface area contributed by atoms with E-state index in [1.807, 2.05) is 0 Å². The molecule has 0 aromatic carbocycles. The first-order valence-electron chi connectivity index (χ1n) is 7.20. The monoisotopic (exact) mass is 252 g/mol. The number of carbonyl (C=O) groups excluding carboxylic acids is 1. The Labute approximate surface area is 112 Å². The predicted octanol–water partition coefficient (Wildman–Crippen LogP) is 4.80. The van der Waals surface area contributed by atoms with Crippen molar-refractivity contribution in [3.63, 3.8) is 0 Å². The number of rotatable bonds is 11. The van der Waals surface area contributed by atoms with Gasteiger partial charge in [0, 0.05) is 6.92 Å². The Kier molecular flexibility index (Phi) is 13.2. The second-order valence-electron chi connectivity index (χ2n) is 4.50. The number of ether oxygens (including phenoxy) is 1. The number of carbonyl (C=O) groups is 1. The molecular formula is C16H28O2. The van der Waals surface area contributed by atoms with Gasteiger partial charge in [0.25, 0.3) is 0 Å². The minimum absolute atomic E-state index is 0.198. The van der Waals surface area contributed by atoms with Crippen LogP contribution in [0.1, 0.15) is 65.2 Å². The molecule has 0 fully saturated rings. The van der Waals surface area contributed by atoms with Crippen LogP contribution in [-0.2, 0) is 9.53 Å². The van der Waals surface area contributed by atoms with Gasteiger partial charge in [-0.25, -0.2) is 0 Å². The van der Waals surface area contributed by atoms with Gasteiger partial charge in [-0.3, -0.25) is 4.79 Å². The summed E-state index contributed by atoms with van der Waals surface area (Å²) in [4.78, 5) is 10.5. The molecule has 0 saturated heterocycles. The molecule has 0 aliphatic carbocycles. The Bertz CT molecular complexity index is 241. The van der Waals surface area contributed by atoms with Crippen molar-refractivity contribution >= 4 is 5.97 Å². The van der Waals surface area contributed by atoms with Gasteiger partial charge in [0.05, 0.1) is 6.61 Å². The van der Waals surface area contributed by atoms with E-state index in [9.17, 15) is 4.79 Å². The van der Waals surface area contributed by atoms with E-state index in [-0.39, 0.29) is 5.97 Å². The van der Waals surface area contributed by atoms with Gasteiger partial charge in [0.2, 0.25) is 0 Å². The number of allylic oxidation sites excluding steroid dienone is 3. The number of esters is 1. The summed E-state index contributed by atoms with van der Waals surface area (Å²) in [5.74, 6) is -0.198. The third kappa shape index (κ3) is 14.9. The maximum absolute atomic E-state index is 10.5. The Hall–Kier alpha value is -1.05. The van der Waals surface area contributed by atoms with Crippen molar-refractivity contribution in [2.45, 2.75) is 65.2 Å². The van der Waals surface area contributed by atoms with Gasteiger partial charge in [-0.1, -0.05) is 44.1 Å². The fourth-order valence-corrected chi connectivity index (χ4v) is 1.61. The third-order valence-electron chi connectivity index (χ3n) is 2.64. The Morgan fingerprint density at radius 2 is 1.44 bits per heavy atom. The van der Waals surface area contributed by atoms with E-state index in [4.69, 9.17) is 4.74 Å². The summed E-state index contributed by atoms with van der Waals surface area (Å²) in [6.45, 7) is 4.18. The van der Waals surface area contributed by atoms with Crippen LogP contribution in [-0.4, -0.2) is 12.6 Å². The highest BCUT2D eigenvalue weighted by Gasteiger charge is 1.88. The standard InChI is InChI=1S/C16H28O2/c1-3-4-5-6-7-8-9-10-11-12-13-14-15-18-16(2)17/h7-8,12-13H,3-6,9-11,14-15H2,1-2H3. The van der Waals surface area contributed by atoms with Crippen molar-refractivity contribution in [3.8, 4) is 0 Å². The minimum Gasteiger partial charge on any atom is -0.466 e. The molecule has 0 amide bonds. The quantitative estimate of drug-likeness (QED) is 0.300. The maximum Gasteiger partial charge on any atom is 0.302 e. The van der Waals surface area contributed by atoms with Gasteiger partial charge in [-0.15, -0.1) is 0 Å². The van der Waals surface area contributed by atoms with E-state index in [1.54, 1.807) is 0 Å². The number of unbranched alkanes of at least 4 members (excludes halogenated alkanes) is 5. The van der Waals surface area contributed by atoms with Crippen LogP contribution >= 0.6 is 0 Å². The molecule has 0 unspecified atom stereocenters. The van der Waals surface area contributed by atoms with Crippen LogP contribution in [0.3, 0.4) is 0 Å². The lowest BCUT2D eigenvalue weighted by molar-refractivity contribution is -0.140. The van der Waals surface area contributed by atoms with Crippen molar-refractivity contribution in [2.24, 2.45) is 0 Å². The summed E-state index contributed by atoms with van der Waals surface area (Å²) in [5.41, 5.74) is 0. The summed E-state index contributed by atoms with van der Waals surface area (Å²) in [5, 5.41) is 0. The molecule has 0 atom stereocenters. The summed E-state index contributed by atoms with van der Waals surface area (Å²) in [7, 11) is 0. The molecule has 0 aliphatic rings. The first kappa shape index (κ1) is 16.9. The van der Waals surface area contributed by atoms with Crippen molar-refractivity contribution < 1.29 is 9.53 Å². The van der Waals surface area contributed by atoms with E-state index >= 15 is 0 Å². The van der Waals surface area contributed by atoms with Gasteiger partial charge in [-0.2, -0.15) is 0 Å². The van der Waals surface area contributed by atoms with Gasteiger partial charge < -0.3 is 4.74 Å². The molecule has 0 rings (SSSR count). The van der Waals surface area contributed by atoms with Crippen molar-refractivity contribution in [2.75, 3.05) is 6.61 Å². The molecule has 0 saturated carbocycles. The maximum atomic E-state index is 10.5. The van der Waals surface area contributed by atoms with Crippen LogP contribution < -0.4 is 0 Å². The van der Waals surface area contributed by atoms with E-state index in [1.165, 1.54) is 45.4 Å². The first-order chi connectivity index (χ1) is 8.77. The third-order valence-corrected chi connectivity index (χ3v) is 2.64. The van der Waals surface area contributed by atoms with Crippen molar-refractivity contribution in [3.05, 3.63) is 24.3 Å². The highest BCUT2D eigenvalue weighted by molar-refractivity contribution is 5.65. The molecule has 0 heterocycles.